The lowest BCUT2D eigenvalue weighted by atomic mass is 9.97. The molecule has 1 saturated heterocycles. The normalized spacial score (nSPS) is 18.3. The minimum atomic E-state index is -0.627. The number of amides is 1. The van der Waals surface area contributed by atoms with E-state index in [1.54, 1.807) is 0 Å². The van der Waals surface area contributed by atoms with Crippen molar-refractivity contribution in [2.45, 2.75) is 39.2 Å². The third kappa shape index (κ3) is 3.80. The Morgan fingerprint density at radius 2 is 2.00 bits per heavy atom. The van der Waals surface area contributed by atoms with Crippen LogP contribution >= 0.6 is 11.6 Å². The molecule has 1 fully saturated rings. The summed E-state index contributed by atoms with van der Waals surface area (Å²) in [4.78, 5) is 21.8. The summed E-state index contributed by atoms with van der Waals surface area (Å²) in [5.74, 6) is 0.0761. The lowest BCUT2D eigenvalue weighted by Crippen LogP contribution is -2.38. The summed E-state index contributed by atoms with van der Waals surface area (Å²) in [6, 6.07) is 7.32. The van der Waals surface area contributed by atoms with Gasteiger partial charge in [-0.1, -0.05) is 44.5 Å². The fourth-order valence-electron chi connectivity index (χ4n) is 3.01. The molecule has 5 nitrogen and oxygen atoms in total. The Bertz CT molecular complexity index is 798. The number of nitrogens with zero attached hydrogens (tertiary/aromatic N) is 3. The topological polar surface area (TPSA) is 55.3 Å². The van der Waals surface area contributed by atoms with Gasteiger partial charge in [-0.15, -0.1) is 0 Å². The third-order valence-electron chi connectivity index (χ3n) is 4.61. The summed E-state index contributed by atoms with van der Waals surface area (Å²) < 4.78 is 19.4. The van der Waals surface area contributed by atoms with Crippen LogP contribution < -0.4 is 4.90 Å². The molecule has 0 unspecified atom stereocenters. The van der Waals surface area contributed by atoms with E-state index in [1.807, 2.05) is 45.0 Å². The van der Waals surface area contributed by atoms with Gasteiger partial charge in [-0.25, -0.2) is 19.2 Å². The summed E-state index contributed by atoms with van der Waals surface area (Å²) in [6.07, 6.45) is 1.07. The van der Waals surface area contributed by atoms with Crippen molar-refractivity contribution in [3.8, 4) is 0 Å². The summed E-state index contributed by atoms with van der Waals surface area (Å²) >= 11 is 5.92. The lowest BCUT2D eigenvalue weighted by Gasteiger charge is -2.24. The van der Waals surface area contributed by atoms with E-state index in [0.717, 1.165) is 11.8 Å². The van der Waals surface area contributed by atoms with Crippen molar-refractivity contribution in [2.75, 3.05) is 11.5 Å². The number of carbonyl (C=O) groups excluding carboxylic acids is 1. The third-order valence-corrected chi connectivity index (χ3v) is 4.86. The summed E-state index contributed by atoms with van der Waals surface area (Å²) in [5, 5.41) is 0.675. The maximum Gasteiger partial charge on any atom is 0.416 e. The number of cyclic esters (lactones) is 1. The Morgan fingerprint density at radius 3 is 2.65 bits per heavy atom. The number of halogens is 2. The van der Waals surface area contributed by atoms with E-state index in [1.165, 1.54) is 4.90 Å². The molecule has 26 heavy (non-hydrogen) atoms. The van der Waals surface area contributed by atoms with Crippen LogP contribution in [0.25, 0.3) is 0 Å². The van der Waals surface area contributed by atoms with Gasteiger partial charge in [0.2, 0.25) is 0 Å². The van der Waals surface area contributed by atoms with Gasteiger partial charge in [-0.2, -0.15) is 0 Å². The van der Waals surface area contributed by atoms with Gasteiger partial charge >= 0.3 is 6.09 Å². The zero-order valence-electron chi connectivity index (χ0n) is 14.9. The van der Waals surface area contributed by atoms with Crippen LogP contribution in [-0.2, 0) is 11.2 Å². The van der Waals surface area contributed by atoms with Crippen molar-refractivity contribution >= 4 is 23.5 Å². The Kier molecular flexibility index (Phi) is 5.41. The molecule has 7 heteroatoms. The smallest absolute Gasteiger partial charge is 0.416 e. The summed E-state index contributed by atoms with van der Waals surface area (Å²) in [6.45, 7) is 6.19. The van der Waals surface area contributed by atoms with Crippen LogP contribution in [0.3, 0.4) is 0 Å². The van der Waals surface area contributed by atoms with Crippen molar-refractivity contribution in [3.05, 3.63) is 52.7 Å². The number of rotatable bonds is 5. The largest absolute Gasteiger partial charge is 0.447 e. The average molecular weight is 378 g/mol. The Balaban J connectivity index is 1.85. The lowest BCUT2D eigenvalue weighted by molar-refractivity contribution is 0.177. The SMILES string of the molecule is CC(C)[C@H]1COC(=O)N1c1nc(C[C@@H](C)c2ccc(Cl)cc2)ncc1F. The first kappa shape index (κ1) is 18.6. The van der Waals surface area contributed by atoms with Crippen molar-refractivity contribution in [3.63, 3.8) is 0 Å². The molecule has 138 valence electrons. The number of benzene rings is 1. The average Bonchev–Trinajstić information content (AvgIpc) is 2.99. The van der Waals surface area contributed by atoms with Crippen molar-refractivity contribution in [1.82, 2.24) is 9.97 Å². The Hall–Kier alpha value is -2.21. The Labute approximate surface area is 157 Å². The van der Waals surface area contributed by atoms with Gasteiger partial charge in [0.05, 0.1) is 12.2 Å². The number of aromatic nitrogens is 2. The molecular formula is C19H21ClFN3O2. The van der Waals surface area contributed by atoms with Crippen LogP contribution in [0.15, 0.2) is 30.5 Å². The molecular weight excluding hydrogens is 357 g/mol. The molecule has 2 heterocycles. The minimum Gasteiger partial charge on any atom is -0.447 e. The molecule has 0 N–H and O–H groups in total. The molecule has 1 aliphatic heterocycles. The van der Waals surface area contributed by atoms with Crippen molar-refractivity contribution < 1.29 is 13.9 Å². The summed E-state index contributed by atoms with van der Waals surface area (Å²) in [5.41, 5.74) is 1.09. The summed E-state index contributed by atoms with van der Waals surface area (Å²) in [7, 11) is 0. The molecule has 0 radical (unpaired) electrons. The van der Waals surface area contributed by atoms with Crippen LogP contribution in [-0.4, -0.2) is 28.7 Å². The molecule has 0 spiro atoms. The molecule has 0 aliphatic carbocycles. The van der Waals surface area contributed by atoms with E-state index < -0.39 is 11.9 Å². The molecule has 1 aromatic heterocycles. The van der Waals surface area contributed by atoms with Gasteiger partial charge in [0.25, 0.3) is 0 Å². The predicted molar refractivity (Wildman–Crippen MR) is 98.0 cm³/mol. The standard InChI is InChI=1S/C19H21ClFN3O2/c1-11(2)16-10-26-19(25)24(16)18-15(21)9-22-17(23-18)8-12(3)13-4-6-14(20)7-5-13/h4-7,9,11-12,16H,8,10H2,1-3H3/t12-,16-/m1/s1. The monoisotopic (exact) mass is 377 g/mol. The van der Waals surface area contributed by atoms with E-state index >= 15 is 0 Å². The van der Waals surface area contributed by atoms with Gasteiger partial charge < -0.3 is 4.74 Å². The number of ether oxygens (including phenoxy) is 1. The molecule has 1 amide bonds. The Morgan fingerprint density at radius 1 is 1.31 bits per heavy atom. The number of hydrogen-bond donors (Lipinski definition) is 0. The zero-order chi connectivity index (χ0) is 18.8. The van der Waals surface area contributed by atoms with Crippen molar-refractivity contribution in [2.24, 2.45) is 5.92 Å². The highest BCUT2D eigenvalue weighted by atomic mass is 35.5. The highest BCUT2D eigenvalue weighted by Crippen LogP contribution is 2.28. The highest BCUT2D eigenvalue weighted by Gasteiger charge is 2.38. The van der Waals surface area contributed by atoms with E-state index in [2.05, 4.69) is 9.97 Å². The fraction of sp³-hybridized carbons (Fsp3) is 0.421. The molecule has 2 atom stereocenters. The maximum atomic E-state index is 14.3. The van der Waals surface area contributed by atoms with Gasteiger partial charge in [-0.3, -0.25) is 4.90 Å². The maximum absolute atomic E-state index is 14.3. The van der Waals surface area contributed by atoms with Crippen LogP contribution in [0, 0.1) is 11.7 Å². The van der Waals surface area contributed by atoms with Gasteiger partial charge in [0, 0.05) is 11.4 Å². The highest BCUT2D eigenvalue weighted by molar-refractivity contribution is 6.30. The second kappa shape index (κ2) is 7.58. The molecule has 0 saturated carbocycles. The minimum absolute atomic E-state index is 0.0143. The molecule has 0 bridgehead atoms. The van der Waals surface area contributed by atoms with Crippen molar-refractivity contribution in [1.29, 1.82) is 0 Å². The van der Waals surface area contributed by atoms with E-state index in [9.17, 15) is 9.18 Å². The van der Waals surface area contributed by atoms with Crippen LogP contribution in [0.1, 0.15) is 38.1 Å². The number of carbonyl (C=O) groups is 1. The first-order chi connectivity index (χ1) is 12.4. The molecule has 1 aromatic carbocycles. The zero-order valence-corrected chi connectivity index (χ0v) is 15.7. The van der Waals surface area contributed by atoms with Gasteiger partial charge in [-0.05, 0) is 29.5 Å². The van der Waals surface area contributed by atoms with Crippen LogP contribution in [0.5, 0.6) is 0 Å². The molecule has 2 aromatic rings. The molecule has 3 rings (SSSR count). The van der Waals surface area contributed by atoms with Crippen LogP contribution in [0.2, 0.25) is 5.02 Å². The quantitative estimate of drug-likeness (QED) is 0.764. The first-order valence-corrected chi connectivity index (χ1v) is 8.97. The predicted octanol–water partition coefficient (Wildman–Crippen LogP) is 4.60. The second-order valence-electron chi connectivity index (χ2n) is 6.87. The molecule has 1 aliphatic rings. The number of anilines is 1. The second-order valence-corrected chi connectivity index (χ2v) is 7.31. The van der Waals surface area contributed by atoms with Crippen LogP contribution in [0.4, 0.5) is 15.0 Å². The van der Waals surface area contributed by atoms with E-state index in [-0.39, 0.29) is 30.3 Å². The van der Waals surface area contributed by atoms with Gasteiger partial charge in [0.1, 0.15) is 12.4 Å². The van der Waals surface area contributed by atoms with E-state index in [0.29, 0.717) is 17.3 Å². The first-order valence-electron chi connectivity index (χ1n) is 8.59. The van der Waals surface area contributed by atoms with Gasteiger partial charge in [0.15, 0.2) is 11.6 Å². The van der Waals surface area contributed by atoms with E-state index in [4.69, 9.17) is 16.3 Å². The number of hydrogen-bond acceptors (Lipinski definition) is 4. The fourth-order valence-corrected chi connectivity index (χ4v) is 3.14.